The van der Waals surface area contributed by atoms with E-state index in [9.17, 15) is 0 Å². The van der Waals surface area contributed by atoms with Gasteiger partial charge in [0.15, 0.2) is 19.8 Å². The van der Waals surface area contributed by atoms with Gasteiger partial charge < -0.3 is 19.2 Å². The summed E-state index contributed by atoms with van der Waals surface area (Å²) in [6.45, 7) is 13.0. The van der Waals surface area contributed by atoms with Crippen LogP contribution in [-0.2, 0) is 4.43 Å². The third kappa shape index (κ3) is 3.49. The lowest BCUT2D eigenvalue weighted by Gasteiger charge is -2.36. The van der Waals surface area contributed by atoms with E-state index < -0.39 is 8.32 Å². The fraction of sp³-hybridized carbons (Fsp3) is 0.500. The Morgan fingerprint density at radius 3 is 2.58 bits per heavy atom. The zero-order valence-electron chi connectivity index (χ0n) is 15.1. The lowest BCUT2D eigenvalue weighted by Crippen LogP contribution is -2.41. The summed E-state index contributed by atoms with van der Waals surface area (Å²) < 4.78 is 17.0. The normalized spacial score (nSPS) is 14.2. The first kappa shape index (κ1) is 17.0. The quantitative estimate of drug-likeness (QED) is 0.642. The van der Waals surface area contributed by atoms with Crippen molar-refractivity contribution in [2.75, 3.05) is 25.3 Å². The van der Waals surface area contributed by atoms with Crippen molar-refractivity contribution in [3.63, 3.8) is 0 Å². The minimum absolute atomic E-state index is 0.233. The molecule has 0 fully saturated rings. The highest BCUT2D eigenvalue weighted by atomic mass is 28.4. The molecule has 0 amide bonds. The zero-order valence-corrected chi connectivity index (χ0v) is 16.1. The number of nitrogens with one attached hydrogen (secondary N) is 1. The maximum Gasteiger partial charge on any atom is 0.231 e. The van der Waals surface area contributed by atoms with Gasteiger partial charge in [-0.15, -0.1) is 0 Å². The van der Waals surface area contributed by atoms with E-state index in [4.69, 9.17) is 13.9 Å². The van der Waals surface area contributed by atoms with Gasteiger partial charge in [0.05, 0.1) is 12.1 Å². The number of rotatable bonds is 5. The molecule has 130 valence electrons. The van der Waals surface area contributed by atoms with E-state index >= 15 is 0 Å². The van der Waals surface area contributed by atoms with Crippen molar-refractivity contribution in [3.8, 4) is 11.5 Å². The van der Waals surface area contributed by atoms with Gasteiger partial charge in [-0.05, 0) is 36.3 Å². The molecule has 1 N–H and O–H groups in total. The number of fused-ring (bicyclic) bond motifs is 2. The Kier molecular flexibility index (Phi) is 4.44. The Hall–Kier alpha value is -1.79. The number of ether oxygens (including phenoxy) is 2. The molecular formula is C18H26N2O3Si. The van der Waals surface area contributed by atoms with Gasteiger partial charge >= 0.3 is 0 Å². The predicted octanol–water partition coefficient (Wildman–Crippen LogP) is 4.40. The number of pyridine rings is 1. The first-order valence-electron chi connectivity index (χ1n) is 8.34. The van der Waals surface area contributed by atoms with Crippen molar-refractivity contribution in [2.45, 2.75) is 38.9 Å². The SMILES string of the molecule is CC(C)(C)[Si](C)(C)OCCNc1ccc2cc3c(cc2n1)OCO3. The van der Waals surface area contributed by atoms with Crippen LogP contribution in [0.4, 0.5) is 5.82 Å². The fourth-order valence-electron chi connectivity index (χ4n) is 2.31. The van der Waals surface area contributed by atoms with Crippen LogP contribution in [0.1, 0.15) is 20.8 Å². The number of anilines is 1. The molecule has 1 aliphatic rings. The van der Waals surface area contributed by atoms with Gasteiger partial charge in [-0.1, -0.05) is 20.8 Å². The topological polar surface area (TPSA) is 52.6 Å². The summed E-state index contributed by atoms with van der Waals surface area (Å²) in [7, 11) is -1.69. The lowest BCUT2D eigenvalue weighted by atomic mass is 10.2. The van der Waals surface area contributed by atoms with E-state index in [1.807, 2.05) is 24.3 Å². The molecule has 6 heteroatoms. The molecule has 0 unspecified atom stereocenters. The molecule has 0 bridgehead atoms. The van der Waals surface area contributed by atoms with Crippen LogP contribution in [0.3, 0.4) is 0 Å². The molecule has 0 spiro atoms. The minimum Gasteiger partial charge on any atom is -0.454 e. The van der Waals surface area contributed by atoms with Crippen LogP contribution >= 0.6 is 0 Å². The van der Waals surface area contributed by atoms with E-state index in [-0.39, 0.29) is 11.8 Å². The van der Waals surface area contributed by atoms with Crippen LogP contribution in [0.25, 0.3) is 10.9 Å². The molecule has 0 atom stereocenters. The summed E-state index contributed by atoms with van der Waals surface area (Å²) in [5, 5.41) is 4.62. The number of aromatic nitrogens is 1. The molecule has 0 saturated carbocycles. The number of benzene rings is 1. The maximum absolute atomic E-state index is 6.18. The van der Waals surface area contributed by atoms with E-state index in [0.717, 1.165) is 34.8 Å². The second-order valence-corrected chi connectivity index (χ2v) is 12.4. The Morgan fingerprint density at radius 2 is 1.88 bits per heavy atom. The molecule has 0 saturated heterocycles. The highest BCUT2D eigenvalue weighted by Crippen LogP contribution is 2.37. The van der Waals surface area contributed by atoms with Crippen molar-refractivity contribution in [1.82, 2.24) is 4.98 Å². The van der Waals surface area contributed by atoms with Crippen molar-refractivity contribution >= 4 is 25.0 Å². The first-order valence-corrected chi connectivity index (χ1v) is 11.3. The first-order chi connectivity index (χ1) is 11.3. The fourth-order valence-corrected chi connectivity index (χ4v) is 3.36. The molecule has 0 aliphatic carbocycles. The van der Waals surface area contributed by atoms with Gasteiger partial charge in [0, 0.05) is 18.0 Å². The second-order valence-electron chi connectivity index (χ2n) is 7.63. The average Bonchev–Trinajstić information content (AvgIpc) is 2.95. The summed E-state index contributed by atoms with van der Waals surface area (Å²) in [6, 6.07) is 7.92. The Bertz CT molecular complexity index is 741. The number of nitrogens with zero attached hydrogens (tertiary/aromatic N) is 1. The largest absolute Gasteiger partial charge is 0.454 e. The van der Waals surface area contributed by atoms with Crippen LogP contribution in [0.5, 0.6) is 11.5 Å². The summed E-state index contributed by atoms with van der Waals surface area (Å²) in [5.41, 5.74) is 0.898. The van der Waals surface area contributed by atoms with E-state index in [0.29, 0.717) is 6.61 Å². The van der Waals surface area contributed by atoms with Crippen molar-refractivity contribution in [3.05, 3.63) is 24.3 Å². The van der Waals surface area contributed by atoms with Crippen molar-refractivity contribution in [1.29, 1.82) is 0 Å². The molecule has 5 nitrogen and oxygen atoms in total. The van der Waals surface area contributed by atoms with Gasteiger partial charge in [0.25, 0.3) is 0 Å². The Labute approximate surface area is 144 Å². The molecule has 1 aliphatic heterocycles. The summed E-state index contributed by atoms with van der Waals surface area (Å²) in [4.78, 5) is 4.64. The van der Waals surface area contributed by atoms with E-state index in [2.05, 4.69) is 44.2 Å². The van der Waals surface area contributed by atoms with Gasteiger partial charge in [0.2, 0.25) is 6.79 Å². The molecule has 0 radical (unpaired) electrons. The van der Waals surface area contributed by atoms with Crippen LogP contribution in [0.15, 0.2) is 24.3 Å². The molecule has 24 heavy (non-hydrogen) atoms. The number of hydrogen-bond acceptors (Lipinski definition) is 5. The Morgan fingerprint density at radius 1 is 1.17 bits per heavy atom. The average molecular weight is 347 g/mol. The third-order valence-electron chi connectivity index (χ3n) is 4.86. The summed E-state index contributed by atoms with van der Waals surface area (Å²) in [6.07, 6.45) is 0. The van der Waals surface area contributed by atoms with Gasteiger partial charge in [-0.25, -0.2) is 4.98 Å². The van der Waals surface area contributed by atoms with Crippen molar-refractivity contribution in [2.24, 2.45) is 0 Å². The molecule has 1 aromatic heterocycles. The van der Waals surface area contributed by atoms with Crippen LogP contribution in [-0.4, -0.2) is 33.2 Å². The van der Waals surface area contributed by atoms with Crippen LogP contribution < -0.4 is 14.8 Å². The van der Waals surface area contributed by atoms with Crippen LogP contribution in [0, 0.1) is 0 Å². The molecule has 2 aromatic rings. The molecule has 2 heterocycles. The zero-order chi connectivity index (χ0) is 17.4. The standard InChI is InChI=1S/C18H26N2O3Si/c1-18(2,3)24(4,5)23-9-8-19-17-7-6-13-10-15-16(22-12-21-15)11-14(13)20-17/h6-7,10-11H,8-9,12H2,1-5H3,(H,19,20). The lowest BCUT2D eigenvalue weighted by molar-refractivity contribution is 0.174. The smallest absolute Gasteiger partial charge is 0.231 e. The molecule has 1 aromatic carbocycles. The predicted molar refractivity (Wildman–Crippen MR) is 99.5 cm³/mol. The Balaban J connectivity index is 1.61. The van der Waals surface area contributed by atoms with E-state index in [1.165, 1.54) is 0 Å². The number of hydrogen-bond donors (Lipinski definition) is 1. The van der Waals surface area contributed by atoms with Crippen LogP contribution in [0.2, 0.25) is 18.1 Å². The van der Waals surface area contributed by atoms with Gasteiger partial charge in [-0.3, -0.25) is 0 Å². The third-order valence-corrected chi connectivity index (χ3v) is 9.40. The van der Waals surface area contributed by atoms with Crippen molar-refractivity contribution < 1.29 is 13.9 Å². The highest BCUT2D eigenvalue weighted by Gasteiger charge is 2.36. The van der Waals surface area contributed by atoms with Gasteiger partial charge in [-0.2, -0.15) is 0 Å². The minimum atomic E-state index is -1.69. The highest BCUT2D eigenvalue weighted by molar-refractivity contribution is 6.74. The molecular weight excluding hydrogens is 320 g/mol. The summed E-state index contributed by atoms with van der Waals surface area (Å²) >= 11 is 0. The van der Waals surface area contributed by atoms with Gasteiger partial charge in [0.1, 0.15) is 5.82 Å². The second kappa shape index (κ2) is 6.26. The monoisotopic (exact) mass is 346 g/mol. The maximum atomic E-state index is 6.18. The molecule has 3 rings (SSSR count). The van der Waals surface area contributed by atoms with E-state index in [1.54, 1.807) is 0 Å². The summed E-state index contributed by atoms with van der Waals surface area (Å²) in [5.74, 6) is 2.39.